The smallest absolute Gasteiger partial charge is 0.240 e. The van der Waals surface area contributed by atoms with Gasteiger partial charge in [0, 0.05) is 44.2 Å². The molecule has 2 N–H and O–H groups in total. The zero-order valence-electron chi connectivity index (χ0n) is 16.4. The second-order valence-electron chi connectivity index (χ2n) is 7.27. The largest absolute Gasteiger partial charge is 0.493 e. The Morgan fingerprint density at radius 3 is 2.39 bits per heavy atom. The standard InChI is InChI=1S/C19H29N3O5S/c1-26-17-6-5-16(13-18(17)27-2)28(24,25)20-10-7-19(23)21-14-8-11-22(12-9-14)15-3-4-15/h5-6,13-15,20H,3-4,7-12H2,1-2H3,(H,21,23). The molecule has 2 aliphatic rings. The molecule has 156 valence electrons. The fourth-order valence-electron chi connectivity index (χ4n) is 3.51. The van der Waals surface area contributed by atoms with E-state index in [1.807, 2.05) is 0 Å². The molecular formula is C19H29N3O5S. The zero-order chi connectivity index (χ0) is 20.1. The van der Waals surface area contributed by atoms with Gasteiger partial charge in [-0.1, -0.05) is 0 Å². The van der Waals surface area contributed by atoms with E-state index in [0.29, 0.717) is 11.5 Å². The minimum atomic E-state index is -3.73. The molecule has 1 aliphatic carbocycles. The minimum absolute atomic E-state index is 0.0451. The van der Waals surface area contributed by atoms with Crippen molar-refractivity contribution in [2.75, 3.05) is 33.9 Å². The van der Waals surface area contributed by atoms with E-state index in [-0.39, 0.29) is 29.8 Å². The summed E-state index contributed by atoms with van der Waals surface area (Å²) >= 11 is 0. The maximum atomic E-state index is 12.4. The molecule has 0 spiro atoms. The summed E-state index contributed by atoms with van der Waals surface area (Å²) in [7, 11) is -0.798. The molecule has 1 aromatic carbocycles. The van der Waals surface area contributed by atoms with E-state index in [4.69, 9.17) is 9.47 Å². The van der Waals surface area contributed by atoms with Crippen LogP contribution in [-0.2, 0) is 14.8 Å². The van der Waals surface area contributed by atoms with Crippen LogP contribution in [0.5, 0.6) is 11.5 Å². The summed E-state index contributed by atoms with van der Waals surface area (Å²) in [4.78, 5) is 14.7. The molecular weight excluding hydrogens is 382 g/mol. The fourth-order valence-corrected chi connectivity index (χ4v) is 4.56. The number of piperidine rings is 1. The van der Waals surface area contributed by atoms with Crippen LogP contribution in [0.25, 0.3) is 0 Å². The predicted octanol–water partition coefficient (Wildman–Crippen LogP) is 1.12. The fraction of sp³-hybridized carbons (Fsp3) is 0.632. The number of benzene rings is 1. The maximum absolute atomic E-state index is 12.4. The third-order valence-corrected chi connectivity index (χ3v) is 6.73. The van der Waals surface area contributed by atoms with Crippen molar-refractivity contribution in [1.29, 1.82) is 0 Å². The molecule has 1 saturated heterocycles. The van der Waals surface area contributed by atoms with Crippen molar-refractivity contribution in [3.05, 3.63) is 18.2 Å². The van der Waals surface area contributed by atoms with Crippen LogP contribution in [0.4, 0.5) is 0 Å². The number of amides is 1. The number of nitrogens with one attached hydrogen (secondary N) is 2. The summed E-state index contributed by atoms with van der Waals surface area (Å²) in [5.41, 5.74) is 0. The quantitative estimate of drug-likeness (QED) is 0.632. The predicted molar refractivity (Wildman–Crippen MR) is 105 cm³/mol. The Bertz CT molecular complexity index is 787. The third kappa shape index (κ3) is 5.36. The van der Waals surface area contributed by atoms with E-state index in [1.165, 1.54) is 45.3 Å². The van der Waals surface area contributed by atoms with Gasteiger partial charge in [0.15, 0.2) is 11.5 Å². The van der Waals surface area contributed by atoms with Crippen molar-refractivity contribution in [2.45, 2.75) is 49.1 Å². The van der Waals surface area contributed by atoms with Gasteiger partial charge < -0.3 is 19.7 Å². The Labute approximate surface area is 166 Å². The van der Waals surface area contributed by atoms with E-state index < -0.39 is 10.0 Å². The highest BCUT2D eigenvalue weighted by Crippen LogP contribution is 2.30. The first-order valence-electron chi connectivity index (χ1n) is 9.68. The molecule has 0 aromatic heterocycles. The summed E-state index contributed by atoms with van der Waals surface area (Å²) in [5.74, 6) is 0.661. The van der Waals surface area contributed by atoms with Crippen LogP contribution in [0.3, 0.4) is 0 Å². The second kappa shape index (κ2) is 9.11. The van der Waals surface area contributed by atoms with Crippen molar-refractivity contribution < 1.29 is 22.7 Å². The van der Waals surface area contributed by atoms with Gasteiger partial charge in [-0.25, -0.2) is 13.1 Å². The van der Waals surface area contributed by atoms with Crippen LogP contribution in [0.2, 0.25) is 0 Å². The first kappa shape index (κ1) is 20.9. The Balaban J connectivity index is 1.44. The monoisotopic (exact) mass is 411 g/mol. The number of nitrogens with zero attached hydrogens (tertiary/aromatic N) is 1. The minimum Gasteiger partial charge on any atom is -0.493 e. The Hall–Kier alpha value is -1.84. The number of likely N-dealkylation sites (tertiary alicyclic amines) is 1. The summed E-state index contributed by atoms with van der Waals surface area (Å²) in [6.45, 7) is 2.10. The number of methoxy groups -OCH3 is 2. The van der Waals surface area contributed by atoms with Crippen LogP contribution in [-0.4, -0.2) is 65.2 Å². The second-order valence-corrected chi connectivity index (χ2v) is 9.04. The van der Waals surface area contributed by atoms with Crippen molar-refractivity contribution in [2.24, 2.45) is 0 Å². The van der Waals surface area contributed by atoms with Crippen LogP contribution >= 0.6 is 0 Å². The normalized spacial score (nSPS) is 18.6. The molecule has 2 fully saturated rings. The number of carbonyl (C=O) groups excluding carboxylic acids is 1. The van der Waals surface area contributed by atoms with Gasteiger partial charge in [0.05, 0.1) is 19.1 Å². The van der Waals surface area contributed by atoms with Gasteiger partial charge in [-0.2, -0.15) is 0 Å². The summed E-state index contributed by atoms with van der Waals surface area (Å²) in [6.07, 6.45) is 4.63. The number of carbonyl (C=O) groups is 1. The average molecular weight is 412 g/mol. The molecule has 8 nitrogen and oxygen atoms in total. The van der Waals surface area contributed by atoms with Crippen molar-refractivity contribution in [1.82, 2.24) is 14.9 Å². The number of sulfonamides is 1. The highest BCUT2D eigenvalue weighted by atomic mass is 32.2. The highest BCUT2D eigenvalue weighted by Gasteiger charge is 2.32. The molecule has 1 amide bonds. The van der Waals surface area contributed by atoms with E-state index >= 15 is 0 Å². The van der Waals surface area contributed by atoms with Gasteiger partial charge in [-0.15, -0.1) is 0 Å². The van der Waals surface area contributed by atoms with Gasteiger partial charge in [0.1, 0.15) is 0 Å². The Kier molecular flexibility index (Phi) is 6.79. The highest BCUT2D eigenvalue weighted by molar-refractivity contribution is 7.89. The van der Waals surface area contributed by atoms with Gasteiger partial charge >= 0.3 is 0 Å². The van der Waals surface area contributed by atoms with Gasteiger partial charge in [-0.05, 0) is 37.8 Å². The van der Waals surface area contributed by atoms with E-state index in [1.54, 1.807) is 0 Å². The molecule has 1 aliphatic heterocycles. The van der Waals surface area contributed by atoms with Gasteiger partial charge in [0.25, 0.3) is 0 Å². The molecule has 0 atom stereocenters. The molecule has 1 saturated carbocycles. The van der Waals surface area contributed by atoms with Crippen LogP contribution in [0, 0.1) is 0 Å². The first-order chi connectivity index (χ1) is 13.4. The Morgan fingerprint density at radius 2 is 1.79 bits per heavy atom. The molecule has 28 heavy (non-hydrogen) atoms. The average Bonchev–Trinajstić information content (AvgIpc) is 3.53. The molecule has 3 rings (SSSR count). The number of hydrogen-bond acceptors (Lipinski definition) is 6. The van der Waals surface area contributed by atoms with E-state index in [0.717, 1.165) is 32.0 Å². The van der Waals surface area contributed by atoms with Crippen molar-refractivity contribution >= 4 is 15.9 Å². The molecule has 9 heteroatoms. The summed E-state index contributed by atoms with van der Waals surface area (Å²) in [6, 6.07) is 5.33. The van der Waals surface area contributed by atoms with Crippen molar-refractivity contribution in [3.8, 4) is 11.5 Å². The summed E-state index contributed by atoms with van der Waals surface area (Å²) in [5, 5.41) is 3.02. The van der Waals surface area contributed by atoms with Crippen LogP contribution < -0.4 is 19.5 Å². The lowest BCUT2D eigenvalue weighted by Gasteiger charge is -2.32. The first-order valence-corrected chi connectivity index (χ1v) is 11.2. The van der Waals surface area contributed by atoms with E-state index in [9.17, 15) is 13.2 Å². The maximum Gasteiger partial charge on any atom is 0.240 e. The lowest BCUT2D eigenvalue weighted by molar-refractivity contribution is -0.121. The topological polar surface area (TPSA) is 97.0 Å². The van der Waals surface area contributed by atoms with Crippen molar-refractivity contribution in [3.63, 3.8) is 0 Å². The number of ether oxygens (including phenoxy) is 2. The molecule has 0 radical (unpaired) electrons. The van der Waals surface area contributed by atoms with Gasteiger partial charge in [0.2, 0.25) is 15.9 Å². The van der Waals surface area contributed by atoms with Crippen LogP contribution in [0.1, 0.15) is 32.1 Å². The SMILES string of the molecule is COc1ccc(S(=O)(=O)NCCC(=O)NC2CCN(C3CC3)CC2)cc1OC. The van der Waals surface area contributed by atoms with E-state index in [2.05, 4.69) is 14.9 Å². The lowest BCUT2D eigenvalue weighted by atomic mass is 10.0. The molecule has 1 heterocycles. The van der Waals surface area contributed by atoms with Gasteiger partial charge in [-0.3, -0.25) is 4.79 Å². The zero-order valence-corrected chi connectivity index (χ0v) is 17.3. The number of hydrogen-bond donors (Lipinski definition) is 2. The molecule has 0 bridgehead atoms. The summed E-state index contributed by atoms with van der Waals surface area (Å²) < 4.78 is 37.6. The number of rotatable bonds is 9. The lowest BCUT2D eigenvalue weighted by Crippen LogP contribution is -2.45. The molecule has 0 unspecified atom stereocenters. The third-order valence-electron chi connectivity index (χ3n) is 5.27. The molecule has 1 aromatic rings. The van der Waals surface area contributed by atoms with Crippen LogP contribution in [0.15, 0.2) is 23.1 Å². The Morgan fingerprint density at radius 1 is 1.11 bits per heavy atom.